The highest BCUT2D eigenvalue weighted by Crippen LogP contribution is 2.43. The lowest BCUT2D eigenvalue weighted by Crippen LogP contribution is -2.65. The molecule has 2 aliphatic rings. The summed E-state index contributed by atoms with van der Waals surface area (Å²) in [7, 11) is 0. The normalized spacial score (nSPS) is 23.5. The number of morpholine rings is 1. The molecule has 2 aromatic carbocycles. The molecule has 1 amide bonds. The molecule has 0 aromatic heterocycles. The van der Waals surface area contributed by atoms with Crippen molar-refractivity contribution in [2.75, 3.05) is 6.61 Å². The van der Waals surface area contributed by atoms with Crippen LogP contribution in [0.25, 0.3) is 5.57 Å². The van der Waals surface area contributed by atoms with Crippen LogP contribution in [0, 0.1) is 0 Å². The fraction of sp³-hybridized carbons (Fsp3) is 0.375. The average molecular weight is 377 g/mol. The van der Waals surface area contributed by atoms with Crippen molar-refractivity contribution in [3.63, 3.8) is 0 Å². The van der Waals surface area contributed by atoms with Gasteiger partial charge in [-0.15, -0.1) is 0 Å². The standard InChI is InChI=1S/C24H27NO3/c1-22(2,3)17-11-12-20-18(13-17)19(16-9-7-6-8-10-16)14-24(28-20)21(26)25-23(4,5)15-27-24/h6-14H,15H2,1-5H3,(H,25,26). The van der Waals surface area contributed by atoms with Crippen molar-refractivity contribution in [3.05, 3.63) is 71.3 Å². The molecule has 2 aromatic rings. The first kappa shape index (κ1) is 18.8. The van der Waals surface area contributed by atoms with Gasteiger partial charge in [0, 0.05) is 11.6 Å². The number of rotatable bonds is 1. The topological polar surface area (TPSA) is 47.6 Å². The molecular formula is C24H27NO3. The second-order valence-corrected chi connectivity index (χ2v) is 9.28. The van der Waals surface area contributed by atoms with E-state index in [2.05, 4.69) is 38.2 Å². The second kappa shape index (κ2) is 6.21. The summed E-state index contributed by atoms with van der Waals surface area (Å²) in [5.74, 6) is -1.07. The van der Waals surface area contributed by atoms with E-state index in [1.165, 1.54) is 5.56 Å². The summed E-state index contributed by atoms with van der Waals surface area (Å²) >= 11 is 0. The highest BCUT2D eigenvalue weighted by molar-refractivity contribution is 5.94. The van der Waals surface area contributed by atoms with E-state index in [-0.39, 0.29) is 11.3 Å². The van der Waals surface area contributed by atoms with Crippen molar-refractivity contribution in [2.24, 2.45) is 0 Å². The maximum atomic E-state index is 13.0. The number of hydrogen-bond acceptors (Lipinski definition) is 3. The van der Waals surface area contributed by atoms with Gasteiger partial charge in [0.05, 0.1) is 12.1 Å². The Morgan fingerprint density at radius 3 is 2.39 bits per heavy atom. The Labute approximate surface area is 166 Å². The minimum absolute atomic E-state index is 0.00863. The zero-order valence-electron chi connectivity index (χ0n) is 17.1. The lowest BCUT2D eigenvalue weighted by molar-refractivity contribution is -0.198. The molecule has 4 nitrogen and oxygen atoms in total. The van der Waals surface area contributed by atoms with Crippen LogP contribution in [0.5, 0.6) is 5.75 Å². The van der Waals surface area contributed by atoms with E-state index in [4.69, 9.17) is 9.47 Å². The fourth-order valence-electron chi connectivity index (χ4n) is 3.58. The van der Waals surface area contributed by atoms with E-state index in [0.29, 0.717) is 12.4 Å². The molecule has 2 aliphatic heterocycles. The average Bonchev–Trinajstić information content (AvgIpc) is 2.64. The van der Waals surface area contributed by atoms with Gasteiger partial charge in [0.2, 0.25) is 0 Å². The molecule has 1 saturated heterocycles. The summed E-state index contributed by atoms with van der Waals surface area (Å²) in [6.45, 7) is 10.8. The van der Waals surface area contributed by atoms with E-state index >= 15 is 0 Å². The van der Waals surface area contributed by atoms with Gasteiger partial charge < -0.3 is 14.8 Å². The van der Waals surface area contributed by atoms with Gasteiger partial charge in [-0.05, 0) is 48.1 Å². The van der Waals surface area contributed by atoms with Gasteiger partial charge in [-0.25, -0.2) is 0 Å². The largest absolute Gasteiger partial charge is 0.449 e. The molecule has 4 heteroatoms. The van der Waals surface area contributed by atoms with Crippen molar-refractivity contribution in [2.45, 2.75) is 51.4 Å². The van der Waals surface area contributed by atoms with Crippen LogP contribution in [0.15, 0.2) is 54.6 Å². The summed E-state index contributed by atoms with van der Waals surface area (Å²) < 4.78 is 12.2. The fourth-order valence-corrected chi connectivity index (χ4v) is 3.58. The Bertz CT molecular complexity index is 954. The van der Waals surface area contributed by atoms with Gasteiger partial charge in [0.25, 0.3) is 5.91 Å². The van der Waals surface area contributed by atoms with Gasteiger partial charge in [-0.3, -0.25) is 4.79 Å². The zero-order valence-corrected chi connectivity index (χ0v) is 17.1. The molecule has 1 atom stereocenters. The maximum absolute atomic E-state index is 13.0. The molecule has 2 heterocycles. The molecule has 0 bridgehead atoms. The van der Waals surface area contributed by atoms with Crippen LogP contribution in [0.3, 0.4) is 0 Å². The van der Waals surface area contributed by atoms with Crippen LogP contribution in [0.4, 0.5) is 0 Å². The van der Waals surface area contributed by atoms with Gasteiger partial charge in [-0.1, -0.05) is 57.2 Å². The molecule has 1 unspecified atom stereocenters. The molecule has 1 N–H and O–H groups in total. The molecule has 0 aliphatic carbocycles. The van der Waals surface area contributed by atoms with Gasteiger partial charge >= 0.3 is 5.79 Å². The van der Waals surface area contributed by atoms with Gasteiger partial charge in [0.15, 0.2) is 0 Å². The molecular weight excluding hydrogens is 350 g/mol. The number of carbonyl (C=O) groups is 1. The van der Waals surface area contributed by atoms with Crippen LogP contribution < -0.4 is 10.1 Å². The summed E-state index contributed by atoms with van der Waals surface area (Å²) in [5.41, 5.74) is 3.74. The molecule has 4 rings (SSSR count). The third-order valence-corrected chi connectivity index (χ3v) is 5.23. The van der Waals surface area contributed by atoms with Crippen LogP contribution >= 0.6 is 0 Å². The zero-order chi connectivity index (χ0) is 20.2. The minimum Gasteiger partial charge on any atom is -0.449 e. The lowest BCUT2D eigenvalue weighted by atomic mass is 9.83. The van der Waals surface area contributed by atoms with E-state index in [1.54, 1.807) is 0 Å². The third-order valence-electron chi connectivity index (χ3n) is 5.23. The first-order chi connectivity index (χ1) is 13.1. The number of ether oxygens (including phenoxy) is 2. The van der Waals surface area contributed by atoms with Gasteiger partial charge in [0.1, 0.15) is 5.75 Å². The van der Waals surface area contributed by atoms with E-state index < -0.39 is 11.3 Å². The van der Waals surface area contributed by atoms with Crippen LogP contribution in [-0.4, -0.2) is 23.8 Å². The smallest absolute Gasteiger partial charge is 0.312 e. The third kappa shape index (κ3) is 3.22. The highest BCUT2D eigenvalue weighted by Gasteiger charge is 2.50. The van der Waals surface area contributed by atoms with Gasteiger partial charge in [-0.2, -0.15) is 0 Å². The second-order valence-electron chi connectivity index (χ2n) is 9.28. The first-order valence-electron chi connectivity index (χ1n) is 9.68. The number of benzene rings is 2. The minimum atomic E-state index is -1.45. The number of fused-ring (bicyclic) bond motifs is 1. The van der Waals surface area contributed by atoms with Crippen molar-refractivity contribution >= 4 is 11.5 Å². The summed E-state index contributed by atoms with van der Waals surface area (Å²) in [6.07, 6.45) is 1.82. The Morgan fingerprint density at radius 1 is 1.04 bits per heavy atom. The number of hydrogen-bond donors (Lipinski definition) is 1. The Kier molecular flexibility index (Phi) is 4.16. The van der Waals surface area contributed by atoms with E-state index in [0.717, 1.165) is 16.7 Å². The van der Waals surface area contributed by atoms with Crippen LogP contribution in [0.1, 0.15) is 51.3 Å². The molecule has 28 heavy (non-hydrogen) atoms. The lowest BCUT2D eigenvalue weighted by Gasteiger charge is -2.43. The number of carbonyl (C=O) groups excluding carboxylic acids is 1. The van der Waals surface area contributed by atoms with Crippen LogP contribution in [-0.2, 0) is 14.9 Å². The predicted molar refractivity (Wildman–Crippen MR) is 110 cm³/mol. The van der Waals surface area contributed by atoms with Crippen molar-refractivity contribution in [1.82, 2.24) is 5.32 Å². The Morgan fingerprint density at radius 2 is 1.75 bits per heavy atom. The van der Waals surface area contributed by atoms with Crippen molar-refractivity contribution < 1.29 is 14.3 Å². The molecule has 0 saturated carbocycles. The highest BCUT2D eigenvalue weighted by atomic mass is 16.7. The molecule has 0 radical (unpaired) electrons. The quantitative estimate of drug-likeness (QED) is 0.800. The van der Waals surface area contributed by atoms with Crippen molar-refractivity contribution in [3.8, 4) is 5.75 Å². The van der Waals surface area contributed by atoms with Crippen LogP contribution in [0.2, 0.25) is 0 Å². The first-order valence-corrected chi connectivity index (χ1v) is 9.68. The monoisotopic (exact) mass is 377 g/mol. The number of amides is 1. The molecule has 1 spiro atoms. The van der Waals surface area contributed by atoms with E-state index in [1.807, 2.05) is 56.3 Å². The SMILES string of the molecule is CC1(C)COC2(C=C(c3ccccc3)c3cc(C(C)(C)C)ccc3O2)C(=O)N1. The maximum Gasteiger partial charge on any atom is 0.312 e. The summed E-state index contributed by atoms with van der Waals surface area (Å²) in [6, 6.07) is 16.2. The predicted octanol–water partition coefficient (Wildman–Crippen LogP) is 4.43. The Balaban J connectivity index is 1.88. The summed E-state index contributed by atoms with van der Waals surface area (Å²) in [4.78, 5) is 13.0. The molecule has 1 fully saturated rings. The summed E-state index contributed by atoms with van der Waals surface area (Å²) in [5, 5.41) is 3.02. The van der Waals surface area contributed by atoms with E-state index in [9.17, 15) is 4.79 Å². The Hall–Kier alpha value is -2.59. The molecule has 146 valence electrons. The number of nitrogens with one attached hydrogen (secondary N) is 1. The van der Waals surface area contributed by atoms with Crippen molar-refractivity contribution in [1.29, 1.82) is 0 Å².